The van der Waals surface area contributed by atoms with Crippen LogP contribution in [0.15, 0.2) is 0 Å². The molecule has 0 spiro atoms. The number of amides is 1. The third-order valence-corrected chi connectivity index (χ3v) is 5.37. The molecule has 3 fully saturated rings. The summed E-state index contributed by atoms with van der Waals surface area (Å²) in [6, 6.07) is 0.872. The fraction of sp³-hybridized carbons (Fsp3) is 0.933. The van der Waals surface area contributed by atoms with Crippen molar-refractivity contribution in [3.05, 3.63) is 0 Å². The molecular formula is C15H26N2O. The topological polar surface area (TPSA) is 55.1 Å². The number of rotatable bonds is 3. The highest BCUT2D eigenvalue weighted by molar-refractivity contribution is 5.76. The van der Waals surface area contributed by atoms with Gasteiger partial charge in [-0.05, 0) is 56.3 Å². The lowest BCUT2D eigenvalue weighted by Gasteiger charge is -2.16. The van der Waals surface area contributed by atoms with E-state index < -0.39 is 0 Å². The van der Waals surface area contributed by atoms with Gasteiger partial charge in [-0.2, -0.15) is 0 Å². The number of fused-ring (bicyclic) bond motifs is 1. The van der Waals surface area contributed by atoms with E-state index in [0.29, 0.717) is 23.9 Å². The van der Waals surface area contributed by atoms with Gasteiger partial charge in [0.05, 0.1) is 0 Å². The Morgan fingerprint density at radius 2 is 1.67 bits per heavy atom. The lowest BCUT2D eigenvalue weighted by Crippen LogP contribution is -2.34. The maximum Gasteiger partial charge on any atom is 0.220 e. The van der Waals surface area contributed by atoms with Crippen LogP contribution in [0.3, 0.4) is 0 Å². The van der Waals surface area contributed by atoms with Gasteiger partial charge in [0.15, 0.2) is 0 Å². The van der Waals surface area contributed by atoms with Crippen molar-refractivity contribution >= 4 is 5.91 Å². The molecule has 0 heterocycles. The van der Waals surface area contributed by atoms with E-state index in [9.17, 15) is 4.79 Å². The highest BCUT2D eigenvalue weighted by Crippen LogP contribution is 2.43. The molecule has 2 atom stereocenters. The summed E-state index contributed by atoms with van der Waals surface area (Å²) in [6.45, 7) is 0. The molecule has 3 nitrogen and oxygen atoms in total. The molecule has 3 saturated carbocycles. The molecule has 3 heteroatoms. The second-order valence-corrected chi connectivity index (χ2v) is 6.84. The van der Waals surface area contributed by atoms with Crippen LogP contribution in [0.2, 0.25) is 0 Å². The Balaban J connectivity index is 1.42. The minimum absolute atomic E-state index is 0.302. The molecular weight excluding hydrogens is 224 g/mol. The molecule has 0 aromatic heterocycles. The maximum absolute atomic E-state index is 12.0. The van der Waals surface area contributed by atoms with Crippen LogP contribution in [0.4, 0.5) is 0 Å². The van der Waals surface area contributed by atoms with E-state index in [-0.39, 0.29) is 0 Å². The standard InChI is InChI=1S/C15H26N2O/c16-13-6-11-8-14(9-12(11)7-13)17-15(18)5-10-3-1-2-4-10/h10-14H,1-9,16H2,(H,17,18). The second kappa shape index (κ2) is 5.20. The zero-order chi connectivity index (χ0) is 12.5. The summed E-state index contributed by atoms with van der Waals surface area (Å²) < 4.78 is 0. The van der Waals surface area contributed by atoms with Gasteiger partial charge in [-0.15, -0.1) is 0 Å². The first-order chi connectivity index (χ1) is 8.70. The molecule has 0 aromatic carbocycles. The molecule has 18 heavy (non-hydrogen) atoms. The fourth-order valence-electron chi connectivity index (χ4n) is 4.54. The van der Waals surface area contributed by atoms with E-state index in [1.54, 1.807) is 0 Å². The van der Waals surface area contributed by atoms with Gasteiger partial charge in [0.1, 0.15) is 0 Å². The van der Waals surface area contributed by atoms with E-state index in [4.69, 9.17) is 5.73 Å². The van der Waals surface area contributed by atoms with Gasteiger partial charge in [0.25, 0.3) is 0 Å². The van der Waals surface area contributed by atoms with Crippen LogP contribution >= 0.6 is 0 Å². The van der Waals surface area contributed by atoms with Crippen LogP contribution in [0, 0.1) is 17.8 Å². The molecule has 102 valence electrons. The largest absolute Gasteiger partial charge is 0.353 e. The van der Waals surface area contributed by atoms with E-state index >= 15 is 0 Å². The third kappa shape index (κ3) is 2.71. The van der Waals surface area contributed by atoms with Crippen molar-refractivity contribution < 1.29 is 4.79 Å². The quantitative estimate of drug-likeness (QED) is 0.807. The SMILES string of the molecule is NC1CC2CC(NC(=O)CC3CCCC3)CC2C1. The Labute approximate surface area is 110 Å². The highest BCUT2D eigenvalue weighted by Gasteiger charge is 2.40. The molecule has 0 aliphatic heterocycles. The molecule has 0 bridgehead atoms. The number of hydrogen-bond acceptors (Lipinski definition) is 2. The zero-order valence-corrected chi connectivity index (χ0v) is 11.2. The second-order valence-electron chi connectivity index (χ2n) is 6.84. The molecule has 0 aromatic rings. The molecule has 3 aliphatic carbocycles. The van der Waals surface area contributed by atoms with Crippen LogP contribution in [0.1, 0.15) is 57.8 Å². The number of hydrogen-bond donors (Lipinski definition) is 2. The summed E-state index contributed by atoms with van der Waals surface area (Å²) in [5.41, 5.74) is 5.99. The van der Waals surface area contributed by atoms with Crippen molar-refractivity contribution in [3.8, 4) is 0 Å². The number of nitrogens with one attached hydrogen (secondary N) is 1. The minimum atomic E-state index is 0.302. The minimum Gasteiger partial charge on any atom is -0.353 e. The van der Waals surface area contributed by atoms with Crippen LogP contribution in [0.25, 0.3) is 0 Å². The summed E-state index contributed by atoms with van der Waals surface area (Å²) in [4.78, 5) is 12.0. The van der Waals surface area contributed by atoms with Crippen molar-refractivity contribution in [1.82, 2.24) is 5.32 Å². The highest BCUT2D eigenvalue weighted by atomic mass is 16.1. The van der Waals surface area contributed by atoms with Crippen molar-refractivity contribution in [2.24, 2.45) is 23.5 Å². The summed E-state index contributed by atoms with van der Waals surface area (Å²) in [7, 11) is 0. The van der Waals surface area contributed by atoms with Crippen molar-refractivity contribution in [3.63, 3.8) is 0 Å². The Morgan fingerprint density at radius 1 is 1.06 bits per heavy atom. The van der Waals surface area contributed by atoms with E-state index in [2.05, 4.69) is 5.32 Å². The molecule has 3 aliphatic rings. The van der Waals surface area contributed by atoms with Crippen LogP contribution < -0.4 is 11.1 Å². The van der Waals surface area contributed by atoms with Crippen LogP contribution in [-0.2, 0) is 4.79 Å². The van der Waals surface area contributed by atoms with Crippen molar-refractivity contribution in [1.29, 1.82) is 0 Å². The van der Waals surface area contributed by atoms with Crippen molar-refractivity contribution in [2.75, 3.05) is 0 Å². The Bertz CT molecular complexity index is 298. The van der Waals surface area contributed by atoms with Gasteiger partial charge >= 0.3 is 0 Å². The smallest absolute Gasteiger partial charge is 0.220 e. The lowest BCUT2D eigenvalue weighted by atomic mass is 10.0. The van der Waals surface area contributed by atoms with Gasteiger partial charge in [-0.1, -0.05) is 12.8 Å². The third-order valence-electron chi connectivity index (χ3n) is 5.37. The number of carbonyl (C=O) groups excluding carboxylic acids is 1. The van der Waals surface area contributed by atoms with E-state index in [1.807, 2.05) is 0 Å². The van der Waals surface area contributed by atoms with E-state index in [0.717, 1.165) is 18.3 Å². The molecule has 0 radical (unpaired) electrons. The van der Waals surface area contributed by atoms with Crippen LogP contribution in [0.5, 0.6) is 0 Å². The van der Waals surface area contributed by atoms with Gasteiger partial charge in [0, 0.05) is 18.5 Å². The Hall–Kier alpha value is -0.570. The normalized spacial score (nSPS) is 40.1. The predicted molar refractivity (Wildman–Crippen MR) is 71.9 cm³/mol. The van der Waals surface area contributed by atoms with Gasteiger partial charge in [-0.3, -0.25) is 4.79 Å². The van der Waals surface area contributed by atoms with Gasteiger partial charge < -0.3 is 11.1 Å². The summed E-state index contributed by atoms with van der Waals surface area (Å²) in [5.74, 6) is 2.55. The van der Waals surface area contributed by atoms with E-state index in [1.165, 1.54) is 51.4 Å². The molecule has 3 rings (SSSR count). The molecule has 0 saturated heterocycles. The summed E-state index contributed by atoms with van der Waals surface area (Å²) in [6.07, 6.45) is 10.7. The maximum atomic E-state index is 12.0. The van der Waals surface area contributed by atoms with Crippen molar-refractivity contribution in [2.45, 2.75) is 69.9 Å². The first-order valence-electron chi connectivity index (χ1n) is 7.75. The summed E-state index contributed by atoms with van der Waals surface area (Å²) in [5, 5.41) is 3.27. The first-order valence-corrected chi connectivity index (χ1v) is 7.75. The van der Waals surface area contributed by atoms with Crippen LogP contribution in [-0.4, -0.2) is 18.0 Å². The Kier molecular flexibility index (Phi) is 3.60. The zero-order valence-electron chi connectivity index (χ0n) is 11.2. The molecule has 1 amide bonds. The average molecular weight is 250 g/mol. The number of carbonyl (C=O) groups is 1. The lowest BCUT2D eigenvalue weighted by molar-refractivity contribution is -0.122. The molecule has 2 unspecified atom stereocenters. The average Bonchev–Trinajstić information content (AvgIpc) is 2.94. The first kappa shape index (κ1) is 12.5. The monoisotopic (exact) mass is 250 g/mol. The molecule has 3 N–H and O–H groups in total. The summed E-state index contributed by atoms with van der Waals surface area (Å²) >= 11 is 0. The fourth-order valence-corrected chi connectivity index (χ4v) is 4.54. The van der Waals surface area contributed by atoms with Gasteiger partial charge in [0.2, 0.25) is 5.91 Å². The number of nitrogens with two attached hydrogens (primary N) is 1. The Morgan fingerprint density at radius 3 is 2.28 bits per heavy atom. The van der Waals surface area contributed by atoms with Gasteiger partial charge in [-0.25, -0.2) is 0 Å². The predicted octanol–water partition coefficient (Wildman–Crippen LogP) is 2.20.